The van der Waals surface area contributed by atoms with Crippen LogP contribution in [0.3, 0.4) is 0 Å². The van der Waals surface area contributed by atoms with Gasteiger partial charge in [-0.3, -0.25) is 14.4 Å². The van der Waals surface area contributed by atoms with Crippen molar-refractivity contribution in [1.82, 2.24) is 5.32 Å². The van der Waals surface area contributed by atoms with Gasteiger partial charge < -0.3 is 20.7 Å². The summed E-state index contributed by atoms with van der Waals surface area (Å²) in [5, 5.41) is 8.02. The lowest BCUT2D eigenvalue weighted by Gasteiger charge is -2.19. The van der Waals surface area contributed by atoms with Crippen molar-refractivity contribution in [2.24, 2.45) is 5.92 Å². The van der Waals surface area contributed by atoms with Crippen molar-refractivity contribution in [3.63, 3.8) is 0 Å². The Morgan fingerprint density at radius 3 is 2.90 bits per heavy atom. The van der Waals surface area contributed by atoms with E-state index in [9.17, 15) is 14.4 Å². The molecule has 0 radical (unpaired) electrons. The second-order valence-electron chi connectivity index (χ2n) is 4.74. The summed E-state index contributed by atoms with van der Waals surface area (Å²) < 4.78 is 5.23. The van der Waals surface area contributed by atoms with Crippen molar-refractivity contribution in [1.29, 1.82) is 0 Å². The molecule has 1 unspecified atom stereocenters. The number of carbonyl (C=O) groups excluding carboxylic acids is 3. The summed E-state index contributed by atoms with van der Waals surface area (Å²) in [6.45, 7) is 0.351. The molecule has 7 nitrogen and oxygen atoms in total. The zero-order valence-corrected chi connectivity index (χ0v) is 10.6. The minimum atomic E-state index is -0.357. The van der Waals surface area contributed by atoms with Gasteiger partial charge in [-0.1, -0.05) is 0 Å². The largest absolute Gasteiger partial charge is 0.482 e. The topological polar surface area (TPSA) is 96.5 Å². The lowest BCUT2D eigenvalue weighted by atomic mass is 10.1. The number of benzene rings is 1. The van der Waals surface area contributed by atoms with Crippen LogP contribution in [0.2, 0.25) is 0 Å². The van der Waals surface area contributed by atoms with Crippen LogP contribution in [0.15, 0.2) is 18.2 Å². The lowest BCUT2D eigenvalue weighted by Crippen LogP contribution is -2.26. The molecule has 0 aliphatic carbocycles. The summed E-state index contributed by atoms with van der Waals surface area (Å²) >= 11 is 0. The number of rotatable bonds is 2. The van der Waals surface area contributed by atoms with Crippen molar-refractivity contribution in [2.45, 2.75) is 6.42 Å². The fraction of sp³-hybridized carbons (Fsp3) is 0.308. The highest BCUT2D eigenvalue weighted by Gasteiger charge is 2.28. The molecule has 1 fully saturated rings. The van der Waals surface area contributed by atoms with E-state index in [1.54, 1.807) is 18.2 Å². The zero-order chi connectivity index (χ0) is 14.1. The fourth-order valence-electron chi connectivity index (χ4n) is 2.20. The van der Waals surface area contributed by atoms with Gasteiger partial charge in [-0.15, -0.1) is 0 Å². The molecule has 104 valence electrons. The molecule has 2 heterocycles. The first-order valence-electron chi connectivity index (χ1n) is 6.26. The van der Waals surface area contributed by atoms with E-state index in [0.717, 1.165) is 0 Å². The second kappa shape index (κ2) is 4.84. The van der Waals surface area contributed by atoms with E-state index in [2.05, 4.69) is 16.0 Å². The minimum Gasteiger partial charge on any atom is -0.482 e. The highest BCUT2D eigenvalue weighted by atomic mass is 16.5. The van der Waals surface area contributed by atoms with Gasteiger partial charge in [0.25, 0.3) is 5.91 Å². The Morgan fingerprint density at radius 1 is 1.30 bits per heavy atom. The van der Waals surface area contributed by atoms with Crippen molar-refractivity contribution in [3.8, 4) is 5.75 Å². The van der Waals surface area contributed by atoms with Gasteiger partial charge in [0, 0.05) is 18.7 Å². The van der Waals surface area contributed by atoms with E-state index in [1.165, 1.54) is 0 Å². The summed E-state index contributed by atoms with van der Waals surface area (Å²) in [6.07, 6.45) is 0.205. The molecule has 1 aromatic carbocycles. The third-order valence-electron chi connectivity index (χ3n) is 3.23. The van der Waals surface area contributed by atoms with Gasteiger partial charge in [0.15, 0.2) is 6.61 Å². The van der Waals surface area contributed by atoms with E-state index < -0.39 is 0 Å². The standard InChI is InChI=1S/C13H13N3O4/c17-11-3-7(5-14-11)13(19)15-8-1-2-10-9(4-8)16-12(18)6-20-10/h1-2,4,7H,3,5-6H2,(H,14,17)(H,15,19)(H,16,18). The van der Waals surface area contributed by atoms with Gasteiger partial charge in [-0.05, 0) is 18.2 Å². The molecule has 0 bridgehead atoms. The minimum absolute atomic E-state index is 0.00540. The van der Waals surface area contributed by atoms with Crippen LogP contribution in [-0.2, 0) is 14.4 Å². The highest BCUT2D eigenvalue weighted by Crippen LogP contribution is 2.30. The molecule has 1 atom stereocenters. The average Bonchev–Trinajstić information content (AvgIpc) is 2.85. The molecular formula is C13H13N3O4. The van der Waals surface area contributed by atoms with Gasteiger partial charge in [-0.25, -0.2) is 0 Å². The number of carbonyl (C=O) groups is 3. The maximum atomic E-state index is 12.0. The first-order chi connectivity index (χ1) is 9.61. The van der Waals surface area contributed by atoms with E-state index in [0.29, 0.717) is 23.7 Å². The van der Waals surface area contributed by atoms with Crippen molar-refractivity contribution in [3.05, 3.63) is 18.2 Å². The van der Waals surface area contributed by atoms with Crippen LogP contribution in [-0.4, -0.2) is 30.9 Å². The molecule has 1 aromatic rings. The molecule has 2 aliphatic heterocycles. The maximum Gasteiger partial charge on any atom is 0.262 e. The van der Waals surface area contributed by atoms with E-state index >= 15 is 0 Å². The van der Waals surface area contributed by atoms with Crippen LogP contribution in [0, 0.1) is 5.92 Å². The molecule has 3 amide bonds. The molecular weight excluding hydrogens is 262 g/mol. The van der Waals surface area contributed by atoms with Gasteiger partial charge in [0.1, 0.15) is 5.75 Å². The van der Waals surface area contributed by atoms with E-state index in [4.69, 9.17) is 4.74 Å². The smallest absolute Gasteiger partial charge is 0.262 e. The van der Waals surface area contributed by atoms with Crippen LogP contribution in [0.5, 0.6) is 5.75 Å². The maximum absolute atomic E-state index is 12.0. The molecule has 20 heavy (non-hydrogen) atoms. The van der Waals surface area contributed by atoms with E-state index in [1.807, 2.05) is 0 Å². The Labute approximate surface area is 114 Å². The van der Waals surface area contributed by atoms with Crippen LogP contribution in [0.25, 0.3) is 0 Å². The molecule has 1 saturated heterocycles. The number of ether oxygens (including phenoxy) is 1. The van der Waals surface area contributed by atoms with Crippen LogP contribution in [0.1, 0.15) is 6.42 Å². The van der Waals surface area contributed by atoms with E-state index in [-0.39, 0.29) is 36.7 Å². The summed E-state index contributed by atoms with van der Waals surface area (Å²) in [5.74, 6) is -0.348. The predicted molar refractivity (Wildman–Crippen MR) is 70.3 cm³/mol. The Balaban J connectivity index is 1.71. The fourth-order valence-corrected chi connectivity index (χ4v) is 2.20. The number of hydrogen-bond acceptors (Lipinski definition) is 4. The zero-order valence-electron chi connectivity index (χ0n) is 10.6. The number of amides is 3. The van der Waals surface area contributed by atoms with Gasteiger partial charge in [0.05, 0.1) is 11.6 Å². The Hall–Kier alpha value is -2.57. The SMILES string of the molecule is O=C1CC(C(=O)Nc2ccc3c(c2)NC(=O)CO3)CN1. The predicted octanol–water partition coefficient (Wildman–Crippen LogP) is 0.0921. The summed E-state index contributed by atoms with van der Waals surface area (Å²) in [7, 11) is 0. The molecule has 3 rings (SSSR count). The summed E-state index contributed by atoms with van der Waals surface area (Å²) in [5.41, 5.74) is 1.08. The molecule has 7 heteroatoms. The molecule has 2 aliphatic rings. The van der Waals surface area contributed by atoms with Crippen LogP contribution >= 0.6 is 0 Å². The van der Waals surface area contributed by atoms with Crippen molar-refractivity contribution in [2.75, 3.05) is 23.8 Å². The quantitative estimate of drug-likeness (QED) is 0.712. The third-order valence-corrected chi connectivity index (χ3v) is 3.23. The van der Waals surface area contributed by atoms with Gasteiger partial charge in [-0.2, -0.15) is 0 Å². The normalized spacial score (nSPS) is 20.5. The second-order valence-corrected chi connectivity index (χ2v) is 4.74. The molecule has 0 spiro atoms. The Bertz CT molecular complexity index is 599. The first-order valence-corrected chi connectivity index (χ1v) is 6.26. The first kappa shape index (κ1) is 12.5. The number of anilines is 2. The van der Waals surface area contributed by atoms with Crippen LogP contribution < -0.4 is 20.7 Å². The van der Waals surface area contributed by atoms with Gasteiger partial charge >= 0.3 is 0 Å². The number of hydrogen-bond donors (Lipinski definition) is 3. The highest BCUT2D eigenvalue weighted by molar-refractivity contribution is 5.99. The number of nitrogens with one attached hydrogen (secondary N) is 3. The summed E-state index contributed by atoms with van der Waals surface area (Å²) in [6, 6.07) is 5.01. The number of fused-ring (bicyclic) bond motifs is 1. The lowest BCUT2D eigenvalue weighted by molar-refractivity contribution is -0.123. The Morgan fingerprint density at radius 2 is 2.15 bits per heavy atom. The molecule has 0 aromatic heterocycles. The van der Waals surface area contributed by atoms with Crippen LogP contribution in [0.4, 0.5) is 11.4 Å². The molecule has 3 N–H and O–H groups in total. The third kappa shape index (κ3) is 2.42. The van der Waals surface area contributed by atoms with Gasteiger partial charge in [0.2, 0.25) is 11.8 Å². The monoisotopic (exact) mass is 275 g/mol. The average molecular weight is 275 g/mol. The van der Waals surface area contributed by atoms with Crippen molar-refractivity contribution >= 4 is 29.1 Å². The van der Waals surface area contributed by atoms with Crippen molar-refractivity contribution < 1.29 is 19.1 Å². The summed E-state index contributed by atoms with van der Waals surface area (Å²) in [4.78, 5) is 34.3. The Kier molecular flexibility index (Phi) is 3.02. The molecule has 0 saturated carbocycles.